The molecule has 2 heterocycles. The Balaban J connectivity index is 1.67. The number of nitrogens with one attached hydrogen (secondary N) is 1. The van der Waals surface area contributed by atoms with Crippen molar-refractivity contribution in [1.82, 2.24) is 10.3 Å². The third-order valence-corrected chi connectivity index (χ3v) is 4.75. The third-order valence-electron chi connectivity index (χ3n) is 1.94. The van der Waals surface area contributed by atoms with Crippen LogP contribution in [0.5, 0.6) is 0 Å². The fraction of sp³-hybridized carbons (Fsp3) is 0.625. The van der Waals surface area contributed by atoms with Crippen LogP contribution in [0.2, 0.25) is 0 Å². The monoisotopic (exact) mass is 278 g/mol. The maximum absolute atomic E-state index is 4.28. The number of hydrogen-bond donors (Lipinski definition) is 1. The van der Waals surface area contributed by atoms with E-state index in [1.165, 1.54) is 16.5 Å². The smallest absolute Gasteiger partial charge is 0.0949 e. The largest absolute Gasteiger partial charge is 0.312 e. The zero-order valence-electron chi connectivity index (χ0n) is 7.12. The molecular formula is C8H11BrN2S2. The van der Waals surface area contributed by atoms with Crippen LogP contribution in [0, 0.1) is 0 Å². The van der Waals surface area contributed by atoms with Crippen molar-refractivity contribution in [3.8, 4) is 0 Å². The second-order valence-electron chi connectivity index (χ2n) is 3.00. The Labute approximate surface area is 94.7 Å². The van der Waals surface area contributed by atoms with Gasteiger partial charge < -0.3 is 5.32 Å². The molecule has 0 spiro atoms. The molecule has 1 fully saturated rings. The maximum Gasteiger partial charge on any atom is 0.0949 e. The molecule has 0 bridgehead atoms. The average Bonchev–Trinajstić information content (AvgIpc) is 2.42. The molecule has 1 N–H and O–H groups in total. The molecule has 0 saturated carbocycles. The SMILES string of the molecule is Brc1cnc(CCNC2CSC2)s1. The van der Waals surface area contributed by atoms with Crippen LogP contribution < -0.4 is 5.32 Å². The van der Waals surface area contributed by atoms with Crippen molar-refractivity contribution in [2.45, 2.75) is 12.5 Å². The Morgan fingerprint density at radius 1 is 1.62 bits per heavy atom. The minimum Gasteiger partial charge on any atom is -0.312 e. The minimum atomic E-state index is 0.758. The Morgan fingerprint density at radius 3 is 3.00 bits per heavy atom. The average molecular weight is 279 g/mol. The van der Waals surface area contributed by atoms with Crippen LogP contribution in [0.3, 0.4) is 0 Å². The fourth-order valence-corrected chi connectivity index (χ4v) is 3.15. The molecule has 2 rings (SSSR count). The molecule has 0 unspecified atom stereocenters. The second-order valence-corrected chi connectivity index (χ2v) is 6.57. The van der Waals surface area contributed by atoms with Gasteiger partial charge in [-0.3, -0.25) is 0 Å². The van der Waals surface area contributed by atoms with Crippen LogP contribution in [0.1, 0.15) is 5.01 Å². The van der Waals surface area contributed by atoms with E-state index in [-0.39, 0.29) is 0 Å². The van der Waals surface area contributed by atoms with E-state index in [2.05, 4.69) is 26.2 Å². The quantitative estimate of drug-likeness (QED) is 0.914. The van der Waals surface area contributed by atoms with Crippen LogP contribution in [-0.4, -0.2) is 29.1 Å². The van der Waals surface area contributed by atoms with Crippen LogP contribution in [0.4, 0.5) is 0 Å². The molecule has 0 radical (unpaired) electrons. The molecule has 1 saturated heterocycles. The Morgan fingerprint density at radius 2 is 2.46 bits per heavy atom. The highest BCUT2D eigenvalue weighted by atomic mass is 79.9. The van der Waals surface area contributed by atoms with Gasteiger partial charge in [0.05, 0.1) is 15.0 Å². The van der Waals surface area contributed by atoms with Crippen molar-refractivity contribution in [3.05, 3.63) is 15.0 Å². The maximum atomic E-state index is 4.28. The summed E-state index contributed by atoms with van der Waals surface area (Å²) in [6, 6.07) is 0.758. The number of thiazole rings is 1. The lowest BCUT2D eigenvalue weighted by molar-refractivity contribution is 0.584. The van der Waals surface area contributed by atoms with Crippen LogP contribution in [0.15, 0.2) is 9.98 Å². The van der Waals surface area contributed by atoms with E-state index in [0.717, 1.165) is 22.8 Å². The Kier molecular flexibility index (Phi) is 3.66. The summed E-state index contributed by atoms with van der Waals surface area (Å²) in [5, 5.41) is 4.72. The number of nitrogens with zero attached hydrogens (tertiary/aromatic N) is 1. The van der Waals surface area contributed by atoms with E-state index in [1.807, 2.05) is 18.0 Å². The summed E-state index contributed by atoms with van der Waals surface area (Å²) < 4.78 is 1.13. The van der Waals surface area contributed by atoms with E-state index >= 15 is 0 Å². The van der Waals surface area contributed by atoms with Crippen molar-refractivity contribution in [2.75, 3.05) is 18.1 Å². The van der Waals surface area contributed by atoms with Gasteiger partial charge in [0.2, 0.25) is 0 Å². The normalized spacial score (nSPS) is 17.3. The van der Waals surface area contributed by atoms with E-state index in [9.17, 15) is 0 Å². The number of halogens is 1. The first-order chi connectivity index (χ1) is 6.34. The van der Waals surface area contributed by atoms with Gasteiger partial charge >= 0.3 is 0 Å². The van der Waals surface area contributed by atoms with Crippen molar-refractivity contribution in [2.24, 2.45) is 0 Å². The zero-order chi connectivity index (χ0) is 9.10. The summed E-state index contributed by atoms with van der Waals surface area (Å²) in [6.45, 7) is 1.06. The van der Waals surface area contributed by atoms with Gasteiger partial charge in [0.1, 0.15) is 0 Å². The van der Waals surface area contributed by atoms with Gasteiger partial charge in [-0.05, 0) is 15.9 Å². The molecule has 0 amide bonds. The van der Waals surface area contributed by atoms with Crippen LogP contribution in [-0.2, 0) is 6.42 Å². The summed E-state index contributed by atoms with van der Waals surface area (Å²) in [7, 11) is 0. The minimum absolute atomic E-state index is 0.758. The lowest BCUT2D eigenvalue weighted by Crippen LogP contribution is -2.41. The van der Waals surface area contributed by atoms with E-state index in [0.29, 0.717) is 0 Å². The highest BCUT2D eigenvalue weighted by Gasteiger charge is 2.16. The first-order valence-electron chi connectivity index (χ1n) is 4.26. The highest BCUT2D eigenvalue weighted by molar-refractivity contribution is 9.11. The van der Waals surface area contributed by atoms with Gasteiger partial charge in [-0.25, -0.2) is 4.98 Å². The summed E-state index contributed by atoms with van der Waals surface area (Å²) in [4.78, 5) is 4.28. The first-order valence-corrected chi connectivity index (χ1v) is 7.02. The standard InChI is InChI=1S/C8H11BrN2S2/c9-7-3-11-8(13-7)1-2-10-6-4-12-5-6/h3,6,10H,1-2,4-5H2. The molecule has 0 aliphatic carbocycles. The van der Waals surface area contributed by atoms with Gasteiger partial charge in [0.15, 0.2) is 0 Å². The van der Waals surface area contributed by atoms with E-state index in [4.69, 9.17) is 0 Å². The van der Waals surface area contributed by atoms with Crippen LogP contribution in [0.25, 0.3) is 0 Å². The molecule has 0 aromatic carbocycles. The number of rotatable bonds is 4. The third kappa shape index (κ3) is 2.94. The van der Waals surface area contributed by atoms with Crippen molar-refractivity contribution < 1.29 is 0 Å². The zero-order valence-corrected chi connectivity index (χ0v) is 10.3. The van der Waals surface area contributed by atoms with Crippen molar-refractivity contribution in [1.29, 1.82) is 0 Å². The molecular weight excluding hydrogens is 268 g/mol. The van der Waals surface area contributed by atoms with E-state index in [1.54, 1.807) is 11.3 Å². The van der Waals surface area contributed by atoms with Gasteiger partial charge in [-0.1, -0.05) is 0 Å². The summed E-state index contributed by atoms with van der Waals surface area (Å²) in [5.41, 5.74) is 0. The van der Waals surface area contributed by atoms with Gasteiger partial charge in [-0.15, -0.1) is 11.3 Å². The summed E-state index contributed by atoms with van der Waals surface area (Å²) >= 11 is 7.15. The molecule has 72 valence electrons. The molecule has 5 heteroatoms. The lowest BCUT2D eigenvalue weighted by atomic mass is 10.3. The molecule has 1 aliphatic heterocycles. The summed E-state index contributed by atoms with van der Waals surface area (Å²) in [5.74, 6) is 2.56. The van der Waals surface area contributed by atoms with Crippen molar-refractivity contribution >= 4 is 39.0 Å². The van der Waals surface area contributed by atoms with Gasteiger partial charge in [0, 0.05) is 30.5 Å². The molecule has 2 nitrogen and oxygen atoms in total. The predicted molar refractivity (Wildman–Crippen MR) is 62.6 cm³/mol. The fourth-order valence-electron chi connectivity index (χ4n) is 1.14. The highest BCUT2D eigenvalue weighted by Crippen LogP contribution is 2.20. The van der Waals surface area contributed by atoms with Gasteiger partial charge in [-0.2, -0.15) is 11.8 Å². The molecule has 1 aliphatic rings. The van der Waals surface area contributed by atoms with E-state index < -0.39 is 0 Å². The molecule has 0 atom stereocenters. The number of thioether (sulfide) groups is 1. The second kappa shape index (κ2) is 4.77. The van der Waals surface area contributed by atoms with Crippen LogP contribution >= 0.6 is 39.0 Å². The summed E-state index contributed by atoms with van der Waals surface area (Å²) in [6.07, 6.45) is 2.93. The van der Waals surface area contributed by atoms with Crippen molar-refractivity contribution in [3.63, 3.8) is 0 Å². The topological polar surface area (TPSA) is 24.9 Å². The molecule has 1 aromatic rings. The molecule has 1 aromatic heterocycles. The predicted octanol–water partition coefficient (Wildman–Crippen LogP) is 2.15. The lowest BCUT2D eigenvalue weighted by Gasteiger charge is -2.25. The van der Waals surface area contributed by atoms with Gasteiger partial charge in [0.25, 0.3) is 0 Å². The number of hydrogen-bond acceptors (Lipinski definition) is 4. The Hall–Kier alpha value is 0.420. The number of aromatic nitrogens is 1. The first kappa shape index (κ1) is 9.96. The Bertz CT molecular complexity index is 273. The molecule has 13 heavy (non-hydrogen) atoms.